The fraction of sp³-hybridized carbons (Fsp3) is 0.192. The largest absolute Gasteiger partial charge is 0.496 e. The Morgan fingerprint density at radius 1 is 1.03 bits per heavy atom. The molecule has 0 radical (unpaired) electrons. The van der Waals surface area contributed by atoms with E-state index in [1.807, 2.05) is 24.3 Å². The normalized spacial score (nSPS) is 15.2. The molecule has 1 unspecified atom stereocenters. The third kappa shape index (κ3) is 5.05. The van der Waals surface area contributed by atoms with Crippen LogP contribution in [0.4, 0.5) is 11.4 Å². The molecular formula is C26H24ClN3O4. The SMILES string of the molecule is COc1ccccc1CNC(=O)c1ccccc1NC(=O)C1CC(=O)N(c2ccccc2Cl)C1. The predicted molar refractivity (Wildman–Crippen MR) is 131 cm³/mol. The lowest BCUT2D eigenvalue weighted by molar-refractivity contribution is -0.122. The Balaban J connectivity index is 1.44. The summed E-state index contributed by atoms with van der Waals surface area (Å²) in [6, 6.07) is 21.2. The van der Waals surface area contributed by atoms with Crippen molar-refractivity contribution in [3.05, 3.63) is 88.9 Å². The van der Waals surface area contributed by atoms with E-state index in [4.69, 9.17) is 16.3 Å². The smallest absolute Gasteiger partial charge is 0.253 e. The minimum absolute atomic E-state index is 0.0687. The molecule has 1 saturated heterocycles. The molecule has 1 atom stereocenters. The van der Waals surface area contributed by atoms with Crippen LogP contribution in [0.2, 0.25) is 5.02 Å². The quantitative estimate of drug-likeness (QED) is 0.532. The van der Waals surface area contributed by atoms with Gasteiger partial charge in [-0.25, -0.2) is 0 Å². The van der Waals surface area contributed by atoms with Crippen LogP contribution in [0.15, 0.2) is 72.8 Å². The van der Waals surface area contributed by atoms with Crippen LogP contribution in [0.5, 0.6) is 5.75 Å². The van der Waals surface area contributed by atoms with Crippen molar-refractivity contribution in [1.29, 1.82) is 0 Å². The number of nitrogens with one attached hydrogen (secondary N) is 2. The first-order valence-electron chi connectivity index (χ1n) is 10.8. The molecule has 7 nitrogen and oxygen atoms in total. The van der Waals surface area contributed by atoms with E-state index in [-0.39, 0.29) is 37.2 Å². The highest BCUT2D eigenvalue weighted by Gasteiger charge is 2.36. The van der Waals surface area contributed by atoms with Crippen LogP contribution in [-0.4, -0.2) is 31.4 Å². The summed E-state index contributed by atoms with van der Waals surface area (Å²) in [5.74, 6) is -0.710. The van der Waals surface area contributed by atoms with Crippen LogP contribution in [0, 0.1) is 5.92 Å². The number of rotatable bonds is 7. The molecule has 1 aliphatic heterocycles. The van der Waals surface area contributed by atoms with Gasteiger partial charge in [0.05, 0.1) is 35.0 Å². The second-order valence-corrected chi connectivity index (χ2v) is 8.29. The summed E-state index contributed by atoms with van der Waals surface area (Å²) in [6.45, 7) is 0.492. The topological polar surface area (TPSA) is 87.7 Å². The summed E-state index contributed by atoms with van der Waals surface area (Å²) in [6.07, 6.45) is 0.0687. The fourth-order valence-electron chi connectivity index (χ4n) is 3.93. The van der Waals surface area contributed by atoms with Gasteiger partial charge < -0.3 is 20.3 Å². The van der Waals surface area contributed by atoms with Gasteiger partial charge in [0, 0.05) is 25.1 Å². The Morgan fingerprint density at radius 3 is 2.53 bits per heavy atom. The van der Waals surface area contributed by atoms with Gasteiger partial charge in [0.25, 0.3) is 5.91 Å². The molecule has 0 aliphatic carbocycles. The zero-order chi connectivity index (χ0) is 24.1. The molecular weight excluding hydrogens is 454 g/mol. The Hall–Kier alpha value is -3.84. The first kappa shape index (κ1) is 23.3. The van der Waals surface area contributed by atoms with Gasteiger partial charge in [-0.2, -0.15) is 0 Å². The number of ether oxygens (including phenoxy) is 1. The van der Waals surface area contributed by atoms with E-state index in [0.717, 1.165) is 5.56 Å². The second kappa shape index (κ2) is 10.4. The van der Waals surface area contributed by atoms with Gasteiger partial charge in [0.15, 0.2) is 0 Å². The van der Waals surface area contributed by atoms with Crippen LogP contribution in [0.25, 0.3) is 0 Å². The van der Waals surface area contributed by atoms with Crippen molar-refractivity contribution in [3.8, 4) is 5.75 Å². The minimum Gasteiger partial charge on any atom is -0.496 e. The molecule has 0 saturated carbocycles. The van der Waals surface area contributed by atoms with Gasteiger partial charge in [-0.1, -0.05) is 54.1 Å². The zero-order valence-electron chi connectivity index (χ0n) is 18.6. The summed E-state index contributed by atoms with van der Waals surface area (Å²) in [5, 5.41) is 6.15. The summed E-state index contributed by atoms with van der Waals surface area (Å²) >= 11 is 6.23. The maximum absolute atomic E-state index is 13.0. The number of nitrogens with zero attached hydrogens (tertiary/aromatic N) is 1. The van der Waals surface area contributed by atoms with Gasteiger partial charge in [-0.3, -0.25) is 14.4 Å². The number of benzene rings is 3. The lowest BCUT2D eigenvalue weighted by Crippen LogP contribution is -2.29. The Labute approximate surface area is 202 Å². The predicted octanol–water partition coefficient (Wildman–Crippen LogP) is 4.27. The van der Waals surface area contributed by atoms with Crippen molar-refractivity contribution in [3.63, 3.8) is 0 Å². The van der Waals surface area contributed by atoms with E-state index >= 15 is 0 Å². The maximum Gasteiger partial charge on any atom is 0.253 e. The summed E-state index contributed by atoms with van der Waals surface area (Å²) in [4.78, 5) is 40.0. The monoisotopic (exact) mass is 477 g/mol. The minimum atomic E-state index is -0.562. The van der Waals surface area contributed by atoms with Crippen LogP contribution < -0.4 is 20.3 Å². The Bertz CT molecular complexity index is 1230. The molecule has 0 bridgehead atoms. The number of hydrogen-bond acceptors (Lipinski definition) is 4. The lowest BCUT2D eigenvalue weighted by atomic mass is 10.1. The number of amides is 3. The molecule has 1 aliphatic rings. The molecule has 3 aromatic carbocycles. The van der Waals surface area contributed by atoms with E-state index in [1.54, 1.807) is 55.6 Å². The molecule has 34 heavy (non-hydrogen) atoms. The summed E-state index contributed by atoms with van der Waals surface area (Å²) < 4.78 is 5.33. The molecule has 0 aromatic heterocycles. The Kier molecular flexibility index (Phi) is 7.13. The van der Waals surface area contributed by atoms with Crippen molar-refractivity contribution >= 4 is 40.7 Å². The second-order valence-electron chi connectivity index (χ2n) is 7.89. The number of anilines is 2. The van der Waals surface area contributed by atoms with Gasteiger partial charge in [0.2, 0.25) is 11.8 Å². The van der Waals surface area contributed by atoms with Crippen molar-refractivity contribution in [2.24, 2.45) is 5.92 Å². The maximum atomic E-state index is 13.0. The van der Waals surface area contributed by atoms with Crippen molar-refractivity contribution in [1.82, 2.24) is 5.32 Å². The van der Waals surface area contributed by atoms with Crippen LogP contribution >= 0.6 is 11.6 Å². The third-order valence-corrected chi connectivity index (χ3v) is 6.02. The first-order chi connectivity index (χ1) is 16.5. The van der Waals surface area contributed by atoms with E-state index in [0.29, 0.717) is 27.7 Å². The zero-order valence-corrected chi connectivity index (χ0v) is 19.3. The van der Waals surface area contributed by atoms with Crippen LogP contribution in [-0.2, 0) is 16.1 Å². The summed E-state index contributed by atoms with van der Waals surface area (Å²) in [7, 11) is 1.58. The van der Waals surface area contributed by atoms with E-state index in [2.05, 4.69) is 10.6 Å². The number of carbonyl (C=O) groups is 3. The molecule has 3 aromatic rings. The highest BCUT2D eigenvalue weighted by molar-refractivity contribution is 6.34. The van der Waals surface area contributed by atoms with Crippen molar-refractivity contribution < 1.29 is 19.1 Å². The molecule has 4 rings (SSSR count). The molecule has 2 N–H and O–H groups in total. The van der Waals surface area contributed by atoms with Crippen LogP contribution in [0.3, 0.4) is 0 Å². The molecule has 0 spiro atoms. The van der Waals surface area contributed by atoms with Gasteiger partial charge in [-0.05, 0) is 30.3 Å². The average Bonchev–Trinajstić information content (AvgIpc) is 3.24. The van der Waals surface area contributed by atoms with Crippen molar-refractivity contribution in [2.75, 3.05) is 23.9 Å². The molecule has 8 heteroatoms. The standard InChI is InChI=1S/C26H24ClN3O4/c1-34-23-13-7-2-8-17(23)15-28-26(33)19-9-3-5-11-21(19)29-25(32)18-14-24(31)30(16-18)22-12-6-4-10-20(22)27/h2-13,18H,14-16H2,1H3,(H,28,33)(H,29,32). The first-order valence-corrected chi connectivity index (χ1v) is 11.2. The highest BCUT2D eigenvalue weighted by Crippen LogP contribution is 2.31. The van der Waals surface area contributed by atoms with Gasteiger partial charge in [0.1, 0.15) is 5.75 Å². The number of methoxy groups -OCH3 is 1. The van der Waals surface area contributed by atoms with Crippen molar-refractivity contribution in [2.45, 2.75) is 13.0 Å². The van der Waals surface area contributed by atoms with E-state index < -0.39 is 5.92 Å². The van der Waals surface area contributed by atoms with E-state index in [1.165, 1.54) is 4.90 Å². The third-order valence-electron chi connectivity index (χ3n) is 5.70. The average molecular weight is 478 g/mol. The highest BCUT2D eigenvalue weighted by atomic mass is 35.5. The lowest BCUT2D eigenvalue weighted by Gasteiger charge is -2.18. The fourth-order valence-corrected chi connectivity index (χ4v) is 4.17. The molecule has 1 heterocycles. The molecule has 3 amide bonds. The number of para-hydroxylation sites is 3. The number of halogens is 1. The Morgan fingerprint density at radius 2 is 1.74 bits per heavy atom. The molecule has 1 fully saturated rings. The van der Waals surface area contributed by atoms with Gasteiger partial charge >= 0.3 is 0 Å². The van der Waals surface area contributed by atoms with E-state index in [9.17, 15) is 14.4 Å². The molecule has 174 valence electrons. The van der Waals surface area contributed by atoms with Crippen LogP contribution in [0.1, 0.15) is 22.3 Å². The van der Waals surface area contributed by atoms with Gasteiger partial charge in [-0.15, -0.1) is 0 Å². The number of carbonyl (C=O) groups excluding carboxylic acids is 3. The summed E-state index contributed by atoms with van der Waals surface area (Å²) in [5.41, 5.74) is 2.14. The number of hydrogen-bond donors (Lipinski definition) is 2.